The van der Waals surface area contributed by atoms with E-state index in [9.17, 15) is 26.4 Å². The monoisotopic (exact) mass is 495 g/mol. The van der Waals surface area contributed by atoms with Crippen LogP contribution < -0.4 is 9.04 Å². The lowest BCUT2D eigenvalue weighted by Gasteiger charge is -2.24. The van der Waals surface area contributed by atoms with Crippen LogP contribution in [0.15, 0.2) is 90.3 Å². The molecule has 0 saturated carbocycles. The van der Waals surface area contributed by atoms with Gasteiger partial charge in [-0.2, -0.15) is 13.2 Å². The number of nitrogens with zero attached hydrogens (tertiary/aromatic N) is 1. The molecule has 10 heteroatoms. The van der Waals surface area contributed by atoms with Crippen LogP contribution in [0.25, 0.3) is 0 Å². The lowest BCUT2D eigenvalue weighted by molar-refractivity contribution is -0.137. The molecule has 3 aromatic carbocycles. The minimum atomic E-state index is -4.67. The molecule has 0 bridgehead atoms. The maximum absolute atomic E-state index is 13.4. The molecule has 0 atom stereocenters. The van der Waals surface area contributed by atoms with Gasteiger partial charge in [0.15, 0.2) is 0 Å². The Morgan fingerprint density at radius 2 is 1.73 bits per heavy atom. The van der Waals surface area contributed by atoms with Crippen LogP contribution >= 0.6 is 11.6 Å². The molecule has 5 nitrogen and oxygen atoms in total. The molecule has 0 unspecified atom stereocenters. The molecule has 0 aromatic heterocycles. The Balaban J connectivity index is 2.03. The van der Waals surface area contributed by atoms with Crippen LogP contribution in [0, 0.1) is 0 Å². The van der Waals surface area contributed by atoms with Crippen LogP contribution in [-0.4, -0.2) is 20.9 Å². The lowest BCUT2D eigenvalue weighted by atomic mass is 10.2. The smallest absolute Gasteiger partial charge is 0.416 e. The summed E-state index contributed by atoms with van der Waals surface area (Å²) in [6.07, 6.45) is -3.45. The van der Waals surface area contributed by atoms with E-state index in [1.807, 2.05) is 0 Å². The van der Waals surface area contributed by atoms with Crippen LogP contribution in [0.2, 0.25) is 5.02 Å². The molecular weight excluding hydrogens is 479 g/mol. The second kappa shape index (κ2) is 9.68. The van der Waals surface area contributed by atoms with Crippen molar-refractivity contribution < 1.29 is 31.1 Å². The fourth-order valence-corrected chi connectivity index (χ4v) is 4.83. The molecule has 0 saturated heterocycles. The van der Waals surface area contributed by atoms with Gasteiger partial charge in [0, 0.05) is 0 Å². The maximum atomic E-state index is 13.4. The largest absolute Gasteiger partial charge is 0.423 e. The maximum Gasteiger partial charge on any atom is 0.416 e. The van der Waals surface area contributed by atoms with E-state index in [2.05, 4.69) is 6.58 Å². The molecule has 0 amide bonds. The molecule has 33 heavy (non-hydrogen) atoms. The predicted octanol–water partition coefficient (Wildman–Crippen LogP) is 5.96. The van der Waals surface area contributed by atoms with E-state index >= 15 is 0 Å². The second-order valence-corrected chi connectivity index (χ2v) is 8.96. The average Bonchev–Trinajstić information content (AvgIpc) is 2.77. The molecule has 3 aromatic rings. The standard InChI is InChI=1S/C23H17ClF3NO4S/c1-2-13-28(18-8-6-7-17(15-18)23(25,26)27)33(30,31)21-14-16(11-12-20(21)24)22(29)32-19-9-4-3-5-10-19/h2-12,14-15H,1,13H2. The summed E-state index contributed by atoms with van der Waals surface area (Å²) in [7, 11) is -4.48. The number of esters is 1. The van der Waals surface area contributed by atoms with Crippen LogP contribution in [-0.2, 0) is 16.2 Å². The molecule has 0 aliphatic carbocycles. The molecule has 0 spiro atoms. The van der Waals surface area contributed by atoms with Gasteiger partial charge >= 0.3 is 12.1 Å². The van der Waals surface area contributed by atoms with E-state index < -0.39 is 32.6 Å². The molecule has 0 N–H and O–H groups in total. The zero-order valence-electron chi connectivity index (χ0n) is 16.9. The van der Waals surface area contributed by atoms with Gasteiger partial charge in [-0.25, -0.2) is 13.2 Å². The number of hydrogen-bond donors (Lipinski definition) is 0. The summed E-state index contributed by atoms with van der Waals surface area (Å²) in [5.41, 5.74) is -1.36. The van der Waals surface area contributed by atoms with Gasteiger partial charge in [0.1, 0.15) is 10.6 Å². The molecule has 0 aliphatic rings. The number of rotatable bonds is 7. The number of hydrogen-bond acceptors (Lipinski definition) is 4. The van der Waals surface area contributed by atoms with Crippen molar-refractivity contribution in [1.82, 2.24) is 0 Å². The minimum absolute atomic E-state index is 0.107. The zero-order chi connectivity index (χ0) is 24.2. The first-order valence-electron chi connectivity index (χ1n) is 9.41. The Bertz CT molecular complexity index is 1280. The highest BCUT2D eigenvalue weighted by molar-refractivity contribution is 7.93. The van der Waals surface area contributed by atoms with Crippen molar-refractivity contribution in [2.24, 2.45) is 0 Å². The SMILES string of the molecule is C=CCN(c1cccc(C(F)(F)F)c1)S(=O)(=O)c1cc(C(=O)Oc2ccccc2)ccc1Cl. The first-order chi connectivity index (χ1) is 15.5. The van der Waals surface area contributed by atoms with Gasteiger partial charge in [-0.15, -0.1) is 6.58 Å². The highest BCUT2D eigenvalue weighted by Crippen LogP contribution is 2.34. The van der Waals surface area contributed by atoms with Crippen LogP contribution in [0.4, 0.5) is 18.9 Å². The number of sulfonamides is 1. The highest BCUT2D eigenvalue weighted by Gasteiger charge is 2.33. The summed E-state index contributed by atoms with van der Waals surface area (Å²) in [5, 5.41) is -0.215. The van der Waals surface area contributed by atoms with Crippen molar-refractivity contribution in [3.63, 3.8) is 0 Å². The van der Waals surface area contributed by atoms with Crippen molar-refractivity contribution in [3.8, 4) is 5.75 Å². The number of alkyl halides is 3. The Morgan fingerprint density at radius 1 is 1.03 bits per heavy atom. The third-order valence-electron chi connectivity index (χ3n) is 4.45. The van der Waals surface area contributed by atoms with Gasteiger partial charge in [0.25, 0.3) is 10.0 Å². The minimum Gasteiger partial charge on any atom is -0.423 e. The van der Waals surface area contributed by atoms with Gasteiger partial charge in [-0.3, -0.25) is 4.31 Å². The number of anilines is 1. The number of benzene rings is 3. The van der Waals surface area contributed by atoms with E-state index in [0.717, 1.165) is 22.5 Å². The number of carbonyl (C=O) groups is 1. The Hall–Kier alpha value is -3.30. The highest BCUT2D eigenvalue weighted by atomic mass is 35.5. The zero-order valence-corrected chi connectivity index (χ0v) is 18.5. The second-order valence-electron chi connectivity index (χ2n) is 6.72. The van der Waals surface area contributed by atoms with Gasteiger partial charge < -0.3 is 4.74 Å². The van der Waals surface area contributed by atoms with Gasteiger partial charge in [0.05, 0.1) is 28.4 Å². The Kier molecular flexibility index (Phi) is 7.14. The summed E-state index contributed by atoms with van der Waals surface area (Å²) in [6.45, 7) is 3.15. The summed E-state index contributed by atoms with van der Waals surface area (Å²) < 4.78 is 72.2. The quantitative estimate of drug-likeness (QED) is 0.230. The summed E-state index contributed by atoms with van der Waals surface area (Å²) in [5.74, 6) is -0.581. The average molecular weight is 496 g/mol. The van der Waals surface area contributed by atoms with Crippen molar-refractivity contribution >= 4 is 33.3 Å². The molecule has 0 heterocycles. The number of para-hydroxylation sites is 1. The molecule has 0 aliphatic heterocycles. The normalized spacial score (nSPS) is 11.6. The van der Waals surface area contributed by atoms with E-state index in [1.54, 1.807) is 30.3 Å². The van der Waals surface area contributed by atoms with Gasteiger partial charge in [-0.1, -0.05) is 41.9 Å². The third-order valence-corrected chi connectivity index (χ3v) is 6.72. The van der Waals surface area contributed by atoms with Crippen molar-refractivity contribution in [2.45, 2.75) is 11.1 Å². The van der Waals surface area contributed by atoms with E-state index in [1.165, 1.54) is 24.3 Å². The van der Waals surface area contributed by atoms with Crippen LogP contribution in [0.5, 0.6) is 5.75 Å². The van der Waals surface area contributed by atoms with Crippen molar-refractivity contribution in [3.05, 3.63) is 102 Å². The molecule has 0 fully saturated rings. The van der Waals surface area contributed by atoms with E-state index in [0.29, 0.717) is 6.07 Å². The molecule has 3 rings (SSSR count). The molecular formula is C23H17ClF3NO4S. The lowest BCUT2D eigenvalue weighted by Crippen LogP contribution is -2.32. The van der Waals surface area contributed by atoms with E-state index in [4.69, 9.17) is 16.3 Å². The fraction of sp³-hybridized carbons (Fsp3) is 0.0870. The third kappa shape index (κ3) is 5.55. The number of carbonyl (C=O) groups excluding carboxylic acids is 1. The summed E-state index contributed by atoms with van der Waals surface area (Å²) in [4.78, 5) is 12.0. The van der Waals surface area contributed by atoms with Gasteiger partial charge in [0.2, 0.25) is 0 Å². The Labute approximate surface area is 193 Å². The predicted molar refractivity (Wildman–Crippen MR) is 119 cm³/mol. The fourth-order valence-electron chi connectivity index (χ4n) is 2.90. The molecule has 0 radical (unpaired) electrons. The Morgan fingerprint density at radius 3 is 2.36 bits per heavy atom. The van der Waals surface area contributed by atoms with Crippen LogP contribution in [0.1, 0.15) is 15.9 Å². The number of ether oxygens (including phenoxy) is 1. The van der Waals surface area contributed by atoms with Crippen molar-refractivity contribution in [2.75, 3.05) is 10.8 Å². The first-order valence-corrected chi connectivity index (χ1v) is 11.2. The van der Waals surface area contributed by atoms with Crippen molar-refractivity contribution in [1.29, 1.82) is 0 Å². The van der Waals surface area contributed by atoms with Crippen LogP contribution in [0.3, 0.4) is 0 Å². The topological polar surface area (TPSA) is 63.7 Å². The number of halogens is 4. The van der Waals surface area contributed by atoms with Gasteiger partial charge in [-0.05, 0) is 48.5 Å². The summed E-state index contributed by atoms with van der Waals surface area (Å²) in [6, 6.07) is 15.5. The molecule has 172 valence electrons. The summed E-state index contributed by atoms with van der Waals surface area (Å²) >= 11 is 6.12. The first kappa shape index (κ1) is 24.3. The van der Waals surface area contributed by atoms with E-state index in [-0.39, 0.29) is 28.6 Å².